The number of rotatable bonds is 3. The van der Waals surface area contributed by atoms with Crippen LogP contribution >= 0.6 is 0 Å². The van der Waals surface area contributed by atoms with Gasteiger partial charge in [0.25, 0.3) is 5.91 Å². The Bertz CT molecular complexity index is 1180. The minimum absolute atomic E-state index is 0.0135. The van der Waals surface area contributed by atoms with Crippen molar-refractivity contribution in [1.29, 1.82) is 0 Å². The number of halogens is 7. The molecule has 188 valence electrons. The number of hydrogen-bond donors (Lipinski definition) is 2. The zero-order chi connectivity index (χ0) is 25.9. The molecule has 1 aliphatic heterocycles. The lowest BCUT2D eigenvalue weighted by Gasteiger charge is -2.35. The molecular weight excluding hydrogens is 487 g/mol. The van der Waals surface area contributed by atoms with Gasteiger partial charge in [0.1, 0.15) is 11.3 Å². The zero-order valence-corrected chi connectivity index (χ0v) is 17.8. The molecule has 0 bridgehead atoms. The van der Waals surface area contributed by atoms with Crippen LogP contribution < -0.4 is 0 Å². The average molecular weight is 505 g/mol. The number of nitrogens with zero attached hydrogens (tertiary/aromatic N) is 1. The maximum absolute atomic E-state index is 14.5. The largest absolute Gasteiger partial charge is 0.507 e. The number of fused-ring (bicyclic) bond motifs is 3. The first-order valence-electron chi connectivity index (χ1n) is 10.5. The molecule has 2 aliphatic rings. The summed E-state index contributed by atoms with van der Waals surface area (Å²) in [6, 6.07) is 5.10. The smallest absolute Gasteiger partial charge is 0.435 e. The van der Waals surface area contributed by atoms with Gasteiger partial charge in [-0.1, -0.05) is 18.2 Å². The first-order valence-corrected chi connectivity index (χ1v) is 10.5. The van der Waals surface area contributed by atoms with E-state index in [0.29, 0.717) is 24.1 Å². The van der Waals surface area contributed by atoms with E-state index in [0.717, 1.165) is 18.2 Å². The van der Waals surface area contributed by atoms with Crippen molar-refractivity contribution < 1.29 is 50.5 Å². The molecule has 0 spiro atoms. The molecule has 0 saturated carbocycles. The number of aryl methyl sites for hydroxylation is 1. The van der Waals surface area contributed by atoms with Gasteiger partial charge >= 0.3 is 24.0 Å². The number of carboxylic acid groups (broad SMARTS) is 1. The van der Waals surface area contributed by atoms with Crippen LogP contribution in [0.15, 0.2) is 36.4 Å². The molecule has 4 rings (SSSR count). The van der Waals surface area contributed by atoms with E-state index in [9.17, 15) is 45.4 Å². The summed E-state index contributed by atoms with van der Waals surface area (Å²) >= 11 is 0. The van der Waals surface area contributed by atoms with E-state index in [1.54, 1.807) is 0 Å². The molecule has 1 fully saturated rings. The van der Waals surface area contributed by atoms with Gasteiger partial charge in [0.05, 0.1) is 0 Å². The van der Waals surface area contributed by atoms with Crippen molar-refractivity contribution >= 4 is 11.9 Å². The number of hydrogen-bond acceptors (Lipinski definition) is 3. The SMILES string of the molecule is O=C(O)c1cc(C(=O)N2CC[C@H]3c4ccc(C(F)(C(F)(F)F)C(F)(F)F)cc4CC[C@H]32)ccc1O. The van der Waals surface area contributed by atoms with Crippen LogP contribution in [-0.2, 0) is 12.1 Å². The molecule has 5 nitrogen and oxygen atoms in total. The maximum atomic E-state index is 14.5. The lowest BCUT2D eigenvalue weighted by Crippen LogP contribution is -2.50. The zero-order valence-electron chi connectivity index (χ0n) is 17.8. The second-order valence-electron chi connectivity index (χ2n) is 8.60. The van der Waals surface area contributed by atoms with Gasteiger partial charge in [-0.3, -0.25) is 4.79 Å². The molecule has 1 saturated heterocycles. The molecule has 12 heteroatoms. The fourth-order valence-corrected chi connectivity index (χ4v) is 5.02. The standard InChI is InChI=1S/C23H18F7NO4/c24-21(22(25,26)27,23(28,29)30)13-3-4-14-11(9-13)1-5-17-15(14)7-8-31(17)19(33)12-2-6-18(32)16(10-12)20(34)35/h2-4,6,9-10,15,17,32H,1,5,7-8H2,(H,34,35)/t15-,17+/m0/s1. The van der Waals surface area contributed by atoms with Crippen molar-refractivity contribution in [3.63, 3.8) is 0 Å². The molecule has 1 aliphatic carbocycles. The Balaban J connectivity index is 1.64. The van der Waals surface area contributed by atoms with Gasteiger partial charge in [-0.05, 0) is 48.6 Å². The van der Waals surface area contributed by atoms with Gasteiger partial charge in [-0.2, -0.15) is 26.3 Å². The summed E-state index contributed by atoms with van der Waals surface area (Å²) in [4.78, 5) is 25.8. The fourth-order valence-electron chi connectivity index (χ4n) is 5.02. The summed E-state index contributed by atoms with van der Waals surface area (Å²) < 4.78 is 93.4. The van der Waals surface area contributed by atoms with E-state index in [2.05, 4.69) is 0 Å². The average Bonchev–Trinajstić information content (AvgIpc) is 3.20. The van der Waals surface area contributed by atoms with Crippen molar-refractivity contribution in [1.82, 2.24) is 4.90 Å². The summed E-state index contributed by atoms with van der Waals surface area (Å²) in [5.41, 5.74) is -6.89. The summed E-state index contributed by atoms with van der Waals surface area (Å²) in [5, 5.41) is 18.8. The number of benzene rings is 2. The number of likely N-dealkylation sites (tertiary alicyclic amines) is 1. The Morgan fingerprint density at radius 1 is 0.914 bits per heavy atom. The Morgan fingerprint density at radius 3 is 2.17 bits per heavy atom. The number of amides is 1. The van der Waals surface area contributed by atoms with Crippen LogP contribution in [0.2, 0.25) is 0 Å². The van der Waals surface area contributed by atoms with Crippen molar-refractivity contribution in [3.05, 3.63) is 64.2 Å². The quantitative estimate of drug-likeness (QED) is 0.554. The molecule has 35 heavy (non-hydrogen) atoms. The molecule has 2 N–H and O–H groups in total. The van der Waals surface area contributed by atoms with Crippen LogP contribution in [-0.4, -0.2) is 51.9 Å². The molecule has 2 aromatic rings. The Labute approximate surface area is 193 Å². The van der Waals surface area contributed by atoms with E-state index < -0.39 is 58.7 Å². The first-order chi connectivity index (χ1) is 16.2. The predicted octanol–water partition coefficient (Wildman–Crippen LogP) is 5.32. The third kappa shape index (κ3) is 3.88. The van der Waals surface area contributed by atoms with Crippen LogP contribution in [0, 0.1) is 0 Å². The number of carboxylic acids is 1. The number of carbonyl (C=O) groups is 2. The number of aromatic hydroxyl groups is 1. The highest BCUT2D eigenvalue weighted by atomic mass is 19.4. The van der Waals surface area contributed by atoms with Crippen molar-refractivity contribution in [2.45, 2.75) is 49.2 Å². The molecule has 1 heterocycles. The van der Waals surface area contributed by atoms with Crippen LogP contribution in [0.3, 0.4) is 0 Å². The Kier molecular flexibility index (Phi) is 5.76. The van der Waals surface area contributed by atoms with Crippen molar-refractivity contribution in [3.8, 4) is 5.75 Å². The van der Waals surface area contributed by atoms with Crippen LogP contribution in [0.4, 0.5) is 30.7 Å². The topological polar surface area (TPSA) is 77.8 Å². The van der Waals surface area contributed by atoms with E-state index in [4.69, 9.17) is 5.11 Å². The number of alkyl halides is 7. The molecular formula is C23H18F7NO4. The summed E-state index contributed by atoms with van der Waals surface area (Å²) in [5.74, 6) is -2.85. The van der Waals surface area contributed by atoms with Crippen molar-refractivity contribution in [2.24, 2.45) is 0 Å². The maximum Gasteiger partial charge on any atom is 0.435 e. The highest BCUT2D eigenvalue weighted by Gasteiger charge is 2.73. The second-order valence-corrected chi connectivity index (χ2v) is 8.60. The minimum Gasteiger partial charge on any atom is -0.507 e. The van der Waals surface area contributed by atoms with Gasteiger partial charge in [0, 0.05) is 29.6 Å². The number of carbonyl (C=O) groups excluding carboxylic acids is 1. The monoisotopic (exact) mass is 505 g/mol. The second kappa shape index (κ2) is 8.13. The van der Waals surface area contributed by atoms with E-state index >= 15 is 0 Å². The third-order valence-electron chi connectivity index (χ3n) is 6.71. The Morgan fingerprint density at radius 2 is 1.57 bits per heavy atom. The highest BCUT2D eigenvalue weighted by Crippen LogP contribution is 2.54. The Hall–Kier alpha value is -3.31. The third-order valence-corrected chi connectivity index (χ3v) is 6.71. The van der Waals surface area contributed by atoms with Gasteiger partial charge < -0.3 is 15.1 Å². The summed E-state index contributed by atoms with van der Waals surface area (Å²) in [7, 11) is 0. The fraction of sp³-hybridized carbons (Fsp3) is 0.391. The molecule has 2 atom stereocenters. The van der Waals surface area contributed by atoms with E-state index in [-0.39, 0.29) is 30.5 Å². The van der Waals surface area contributed by atoms with Crippen LogP contribution in [0.25, 0.3) is 0 Å². The van der Waals surface area contributed by atoms with Crippen LogP contribution in [0.1, 0.15) is 56.2 Å². The molecule has 0 aromatic heterocycles. The molecule has 2 aromatic carbocycles. The first kappa shape index (κ1) is 24.8. The number of phenols is 1. The highest BCUT2D eigenvalue weighted by molar-refractivity contribution is 5.99. The molecule has 0 radical (unpaired) electrons. The van der Waals surface area contributed by atoms with Gasteiger partial charge in [-0.15, -0.1) is 0 Å². The number of aromatic carboxylic acids is 1. The minimum atomic E-state index is -6.20. The van der Waals surface area contributed by atoms with E-state index in [1.165, 1.54) is 11.0 Å². The lowest BCUT2D eigenvalue weighted by molar-refractivity contribution is -0.348. The molecule has 1 amide bonds. The van der Waals surface area contributed by atoms with Gasteiger partial charge in [0.15, 0.2) is 0 Å². The summed E-state index contributed by atoms with van der Waals surface area (Å²) in [6.45, 7) is 0.219. The lowest BCUT2D eigenvalue weighted by atomic mass is 9.77. The predicted molar refractivity (Wildman–Crippen MR) is 107 cm³/mol. The van der Waals surface area contributed by atoms with Gasteiger partial charge in [-0.25, -0.2) is 9.18 Å². The normalized spacial score (nSPS) is 20.4. The van der Waals surface area contributed by atoms with E-state index in [1.807, 2.05) is 0 Å². The molecule has 0 unspecified atom stereocenters. The van der Waals surface area contributed by atoms with Gasteiger partial charge in [0.2, 0.25) is 0 Å². The van der Waals surface area contributed by atoms with Crippen molar-refractivity contribution in [2.75, 3.05) is 6.54 Å². The summed E-state index contributed by atoms with van der Waals surface area (Å²) in [6.07, 6.45) is -11.8. The van der Waals surface area contributed by atoms with Crippen LogP contribution in [0.5, 0.6) is 5.75 Å².